The zero-order valence-corrected chi connectivity index (χ0v) is 10.1. The van der Waals surface area contributed by atoms with Crippen molar-refractivity contribution in [2.75, 3.05) is 0 Å². The minimum atomic E-state index is 0.609. The summed E-state index contributed by atoms with van der Waals surface area (Å²) < 4.78 is 1.43. The maximum atomic E-state index is 4.27. The van der Waals surface area contributed by atoms with Crippen molar-refractivity contribution in [2.45, 2.75) is 6.92 Å². The Morgan fingerprint density at radius 2 is 1.92 bits per heavy atom. The normalized spacial score (nSPS) is 10.7. The molecule has 0 spiro atoms. The van der Waals surface area contributed by atoms with E-state index in [1.165, 1.54) is 5.56 Å². The van der Waals surface area contributed by atoms with Crippen LogP contribution in [0.4, 0.5) is 0 Å². The molecule has 0 aliphatic heterocycles. The first-order chi connectivity index (χ1) is 6.16. The van der Waals surface area contributed by atoms with Gasteiger partial charge in [0.15, 0.2) is 4.73 Å². The van der Waals surface area contributed by atoms with Crippen molar-refractivity contribution in [1.29, 1.82) is 0 Å². The summed E-state index contributed by atoms with van der Waals surface area (Å²) in [6.45, 7) is 2.04. The molecule has 0 atom stereocenters. The van der Waals surface area contributed by atoms with Gasteiger partial charge < -0.3 is 0 Å². The summed E-state index contributed by atoms with van der Waals surface area (Å²) in [5, 5.41) is 1.04. The van der Waals surface area contributed by atoms with E-state index in [1.54, 1.807) is 0 Å². The van der Waals surface area contributed by atoms with Crippen LogP contribution in [0.25, 0.3) is 10.9 Å². The molecule has 1 heterocycles. The zero-order valence-electron chi connectivity index (χ0n) is 6.88. The van der Waals surface area contributed by atoms with Gasteiger partial charge in [0.05, 0.1) is 5.52 Å². The number of aryl methyl sites for hydroxylation is 1. The van der Waals surface area contributed by atoms with Gasteiger partial charge in [-0.25, -0.2) is 9.97 Å². The highest BCUT2D eigenvalue weighted by Crippen LogP contribution is 2.23. The smallest absolute Gasteiger partial charge is 0.198 e. The van der Waals surface area contributed by atoms with Gasteiger partial charge in [-0.2, -0.15) is 0 Å². The lowest BCUT2D eigenvalue weighted by Gasteiger charge is -2.00. The molecule has 0 radical (unpaired) electrons. The molecular formula is C9H6Br2N2. The maximum absolute atomic E-state index is 4.27. The number of hydrogen-bond acceptors (Lipinski definition) is 2. The third-order valence-electron chi connectivity index (χ3n) is 1.78. The largest absolute Gasteiger partial charge is 0.222 e. The molecule has 1 aromatic carbocycles. The van der Waals surface area contributed by atoms with Crippen LogP contribution in [0.3, 0.4) is 0 Å². The molecule has 0 amide bonds. The van der Waals surface area contributed by atoms with E-state index in [9.17, 15) is 0 Å². The Labute approximate surface area is 92.7 Å². The molecule has 1 aromatic heterocycles. The van der Waals surface area contributed by atoms with E-state index in [0.29, 0.717) is 4.73 Å². The van der Waals surface area contributed by atoms with Crippen LogP contribution in [0.5, 0.6) is 0 Å². The van der Waals surface area contributed by atoms with Gasteiger partial charge in [-0.15, -0.1) is 0 Å². The average molecular weight is 302 g/mol. The predicted molar refractivity (Wildman–Crippen MR) is 59.7 cm³/mol. The average Bonchev–Trinajstić information content (AvgIpc) is 2.02. The van der Waals surface area contributed by atoms with E-state index in [0.717, 1.165) is 15.5 Å². The summed E-state index contributed by atoms with van der Waals surface area (Å²) in [4.78, 5) is 8.43. The molecule has 4 heteroatoms. The zero-order chi connectivity index (χ0) is 9.42. The summed E-state index contributed by atoms with van der Waals surface area (Å²) in [5.41, 5.74) is 2.15. The fourth-order valence-corrected chi connectivity index (χ4v) is 2.28. The van der Waals surface area contributed by atoms with Gasteiger partial charge in [-0.1, -0.05) is 6.07 Å². The van der Waals surface area contributed by atoms with Crippen molar-refractivity contribution in [3.05, 3.63) is 33.1 Å². The Morgan fingerprint density at radius 3 is 2.69 bits per heavy atom. The van der Waals surface area contributed by atoms with Crippen molar-refractivity contribution in [2.24, 2.45) is 0 Å². The molecule has 0 aliphatic rings. The van der Waals surface area contributed by atoms with E-state index < -0.39 is 0 Å². The van der Waals surface area contributed by atoms with Gasteiger partial charge in [-0.05, 0) is 56.5 Å². The minimum Gasteiger partial charge on any atom is -0.222 e. The Balaban J connectivity index is 2.86. The second-order valence-corrected chi connectivity index (χ2v) is 4.26. The quantitative estimate of drug-likeness (QED) is 0.550. The minimum absolute atomic E-state index is 0.609. The van der Waals surface area contributed by atoms with Gasteiger partial charge in [0, 0.05) is 5.39 Å². The summed E-state index contributed by atoms with van der Waals surface area (Å²) in [5.74, 6) is 0. The molecule has 0 bridgehead atoms. The third kappa shape index (κ3) is 1.74. The van der Waals surface area contributed by atoms with Gasteiger partial charge in [0.1, 0.15) is 4.60 Å². The molecule has 0 unspecified atom stereocenters. The first-order valence-electron chi connectivity index (χ1n) is 3.76. The van der Waals surface area contributed by atoms with Crippen molar-refractivity contribution in [3.8, 4) is 0 Å². The maximum Gasteiger partial charge on any atom is 0.198 e. The SMILES string of the molecule is Cc1ccc2c(Br)nc(Br)nc2c1. The van der Waals surface area contributed by atoms with Crippen LogP contribution in [-0.4, -0.2) is 9.97 Å². The Kier molecular flexibility index (Phi) is 2.34. The first-order valence-corrected chi connectivity index (χ1v) is 5.35. The second-order valence-electron chi connectivity index (χ2n) is 2.80. The third-order valence-corrected chi connectivity index (χ3v) is 2.74. The topological polar surface area (TPSA) is 25.8 Å². The van der Waals surface area contributed by atoms with Crippen LogP contribution >= 0.6 is 31.9 Å². The summed E-state index contributed by atoms with van der Waals surface area (Å²) in [7, 11) is 0. The molecule has 2 nitrogen and oxygen atoms in total. The standard InChI is InChI=1S/C9H6Br2N2/c1-5-2-3-6-7(4-5)12-9(11)13-8(6)10/h2-4H,1H3. The molecule has 0 saturated heterocycles. The van der Waals surface area contributed by atoms with Crippen LogP contribution < -0.4 is 0 Å². The van der Waals surface area contributed by atoms with Gasteiger partial charge in [0.2, 0.25) is 0 Å². The number of hydrogen-bond donors (Lipinski definition) is 0. The fourth-order valence-electron chi connectivity index (χ4n) is 1.17. The lowest BCUT2D eigenvalue weighted by molar-refractivity contribution is 1.13. The van der Waals surface area contributed by atoms with E-state index in [1.807, 2.05) is 25.1 Å². The van der Waals surface area contributed by atoms with Crippen molar-refractivity contribution < 1.29 is 0 Å². The number of nitrogens with zero attached hydrogens (tertiary/aromatic N) is 2. The first kappa shape index (κ1) is 9.09. The Hall–Kier alpha value is -0.480. The predicted octanol–water partition coefficient (Wildman–Crippen LogP) is 3.46. The van der Waals surface area contributed by atoms with E-state index in [4.69, 9.17) is 0 Å². The Bertz CT molecular complexity index is 463. The number of fused-ring (bicyclic) bond motifs is 1. The molecule has 0 aliphatic carbocycles. The van der Waals surface area contributed by atoms with Gasteiger partial charge in [0.25, 0.3) is 0 Å². The summed E-state index contributed by atoms with van der Waals surface area (Å²) >= 11 is 6.65. The molecule has 2 rings (SSSR count). The van der Waals surface area contributed by atoms with E-state index in [2.05, 4.69) is 41.8 Å². The summed E-state index contributed by atoms with van der Waals surface area (Å²) in [6.07, 6.45) is 0. The fraction of sp³-hybridized carbons (Fsp3) is 0.111. The van der Waals surface area contributed by atoms with Crippen molar-refractivity contribution in [1.82, 2.24) is 9.97 Å². The van der Waals surface area contributed by atoms with E-state index in [-0.39, 0.29) is 0 Å². The van der Waals surface area contributed by atoms with Crippen molar-refractivity contribution in [3.63, 3.8) is 0 Å². The number of aromatic nitrogens is 2. The second kappa shape index (κ2) is 3.35. The monoisotopic (exact) mass is 300 g/mol. The van der Waals surface area contributed by atoms with Crippen molar-refractivity contribution >= 4 is 42.8 Å². The van der Waals surface area contributed by atoms with Crippen LogP contribution in [0.1, 0.15) is 5.56 Å². The van der Waals surface area contributed by atoms with E-state index >= 15 is 0 Å². The molecule has 2 aromatic rings. The molecule has 13 heavy (non-hydrogen) atoms. The summed E-state index contributed by atoms with van der Waals surface area (Å²) in [6, 6.07) is 6.10. The number of halogens is 2. The molecule has 66 valence electrons. The van der Waals surface area contributed by atoms with Gasteiger partial charge in [-0.3, -0.25) is 0 Å². The number of rotatable bonds is 0. The molecule has 0 fully saturated rings. The lowest BCUT2D eigenvalue weighted by Crippen LogP contribution is -1.87. The van der Waals surface area contributed by atoms with Crippen LogP contribution in [0, 0.1) is 6.92 Å². The molecule has 0 N–H and O–H groups in total. The molecule has 0 saturated carbocycles. The highest BCUT2D eigenvalue weighted by Gasteiger charge is 2.02. The Morgan fingerprint density at radius 1 is 1.15 bits per heavy atom. The molecular weight excluding hydrogens is 296 g/mol. The lowest BCUT2D eigenvalue weighted by atomic mass is 10.2. The van der Waals surface area contributed by atoms with Crippen LogP contribution in [0.15, 0.2) is 27.5 Å². The van der Waals surface area contributed by atoms with Gasteiger partial charge >= 0.3 is 0 Å². The highest BCUT2D eigenvalue weighted by molar-refractivity contribution is 9.11. The number of benzene rings is 1. The highest BCUT2D eigenvalue weighted by atomic mass is 79.9. The van der Waals surface area contributed by atoms with Crippen LogP contribution in [0.2, 0.25) is 0 Å². The van der Waals surface area contributed by atoms with Crippen LogP contribution in [-0.2, 0) is 0 Å².